The Morgan fingerprint density at radius 3 is 1.92 bits per heavy atom. The van der Waals surface area contributed by atoms with Crippen molar-refractivity contribution in [1.29, 1.82) is 0 Å². The minimum absolute atomic E-state index is 0.0498. The van der Waals surface area contributed by atoms with Crippen molar-refractivity contribution in [1.82, 2.24) is 0 Å². The zero-order valence-corrected chi connectivity index (χ0v) is 17.7. The highest BCUT2D eigenvalue weighted by Gasteiger charge is 2.35. The Morgan fingerprint density at radius 1 is 0.923 bits per heavy atom. The first-order valence-electron chi connectivity index (χ1n) is 9.50. The standard InChI is InChI=1S/C22H31NO2Si/c1-6-26(7-2,8-3)25-22(19-12-10-9-11-13-19)21(24)18-14-16-20(17-15-18)23(4)5/h9-17,22H,6-8H2,1-5H3. The molecule has 26 heavy (non-hydrogen) atoms. The van der Waals surface area contributed by atoms with Gasteiger partial charge in [-0.1, -0.05) is 51.1 Å². The van der Waals surface area contributed by atoms with Crippen LogP contribution in [0.4, 0.5) is 5.69 Å². The number of hydrogen-bond acceptors (Lipinski definition) is 3. The van der Waals surface area contributed by atoms with E-state index in [1.807, 2.05) is 73.6 Å². The topological polar surface area (TPSA) is 29.5 Å². The zero-order chi connectivity index (χ0) is 19.2. The van der Waals surface area contributed by atoms with Gasteiger partial charge in [0.05, 0.1) is 0 Å². The monoisotopic (exact) mass is 369 g/mol. The Morgan fingerprint density at radius 2 is 1.46 bits per heavy atom. The largest absolute Gasteiger partial charge is 0.403 e. The summed E-state index contributed by atoms with van der Waals surface area (Å²) in [6, 6.07) is 20.8. The number of anilines is 1. The average molecular weight is 370 g/mol. The highest BCUT2D eigenvalue weighted by Crippen LogP contribution is 2.32. The minimum Gasteiger partial charge on any atom is -0.403 e. The van der Waals surface area contributed by atoms with Crippen molar-refractivity contribution in [3.63, 3.8) is 0 Å². The number of Topliss-reactive ketones (excluding diaryl/α,β-unsaturated/α-hetero) is 1. The lowest BCUT2D eigenvalue weighted by molar-refractivity contribution is 0.0772. The van der Waals surface area contributed by atoms with Crippen molar-refractivity contribution in [3.8, 4) is 0 Å². The third-order valence-electron chi connectivity index (χ3n) is 5.31. The molecule has 0 aromatic heterocycles. The van der Waals surface area contributed by atoms with Crippen molar-refractivity contribution in [3.05, 3.63) is 65.7 Å². The van der Waals surface area contributed by atoms with Crippen molar-refractivity contribution in [2.75, 3.05) is 19.0 Å². The van der Waals surface area contributed by atoms with Crippen LogP contribution in [0.5, 0.6) is 0 Å². The van der Waals surface area contributed by atoms with Gasteiger partial charge in [-0.2, -0.15) is 0 Å². The molecular formula is C22H31NO2Si. The van der Waals surface area contributed by atoms with Crippen molar-refractivity contribution in [2.45, 2.75) is 45.0 Å². The normalized spacial score (nSPS) is 12.7. The van der Waals surface area contributed by atoms with E-state index < -0.39 is 14.4 Å². The highest BCUT2D eigenvalue weighted by atomic mass is 28.4. The lowest BCUT2D eigenvalue weighted by Crippen LogP contribution is -2.39. The molecule has 1 unspecified atom stereocenters. The van der Waals surface area contributed by atoms with Crippen molar-refractivity contribution >= 4 is 19.8 Å². The number of nitrogens with zero attached hydrogens (tertiary/aromatic N) is 1. The fourth-order valence-electron chi connectivity index (χ4n) is 3.23. The van der Waals surface area contributed by atoms with Gasteiger partial charge in [-0.3, -0.25) is 4.79 Å². The molecule has 3 nitrogen and oxygen atoms in total. The van der Waals surface area contributed by atoms with Gasteiger partial charge in [0.15, 0.2) is 14.1 Å². The minimum atomic E-state index is -1.92. The summed E-state index contributed by atoms with van der Waals surface area (Å²) in [7, 11) is 2.08. The number of rotatable bonds is 9. The number of hydrogen-bond donors (Lipinski definition) is 0. The van der Waals surface area contributed by atoms with Gasteiger partial charge in [0.2, 0.25) is 0 Å². The van der Waals surface area contributed by atoms with Crippen LogP contribution in [0, 0.1) is 0 Å². The van der Waals surface area contributed by atoms with Crippen LogP contribution in [0.3, 0.4) is 0 Å². The van der Waals surface area contributed by atoms with E-state index in [0.29, 0.717) is 5.56 Å². The molecule has 2 aromatic rings. The van der Waals surface area contributed by atoms with Crippen LogP contribution in [0.2, 0.25) is 18.1 Å². The van der Waals surface area contributed by atoms with E-state index in [1.165, 1.54) is 0 Å². The molecule has 0 bridgehead atoms. The SMILES string of the molecule is CC[Si](CC)(CC)OC(C(=O)c1ccc(N(C)C)cc1)c1ccccc1. The Balaban J connectivity index is 2.38. The van der Waals surface area contributed by atoms with E-state index in [4.69, 9.17) is 4.43 Å². The van der Waals surface area contributed by atoms with Crippen LogP contribution in [0.15, 0.2) is 54.6 Å². The first kappa shape index (κ1) is 20.4. The predicted molar refractivity (Wildman–Crippen MR) is 113 cm³/mol. The second kappa shape index (κ2) is 9.15. The van der Waals surface area contributed by atoms with E-state index in [2.05, 4.69) is 20.8 Å². The average Bonchev–Trinajstić information content (AvgIpc) is 2.70. The van der Waals surface area contributed by atoms with Crippen LogP contribution in [0.25, 0.3) is 0 Å². The van der Waals surface area contributed by atoms with E-state index in [1.54, 1.807) is 0 Å². The molecule has 1 atom stereocenters. The Hall–Kier alpha value is -1.91. The summed E-state index contributed by atoms with van der Waals surface area (Å²) < 4.78 is 6.64. The van der Waals surface area contributed by atoms with Gasteiger partial charge in [0.1, 0.15) is 6.10 Å². The van der Waals surface area contributed by atoms with E-state index in [-0.39, 0.29) is 5.78 Å². The van der Waals surface area contributed by atoms with Crippen molar-refractivity contribution < 1.29 is 9.22 Å². The third-order valence-corrected chi connectivity index (χ3v) is 9.91. The summed E-state index contributed by atoms with van der Waals surface area (Å²) in [6.07, 6.45) is -0.520. The zero-order valence-electron chi connectivity index (χ0n) is 16.7. The van der Waals surface area contributed by atoms with Gasteiger partial charge < -0.3 is 9.33 Å². The lowest BCUT2D eigenvalue weighted by Gasteiger charge is -2.33. The van der Waals surface area contributed by atoms with E-state index >= 15 is 0 Å². The summed E-state index contributed by atoms with van der Waals surface area (Å²) in [5, 5.41) is 0. The van der Waals surface area contributed by atoms with Crippen LogP contribution in [0.1, 0.15) is 42.8 Å². The highest BCUT2D eigenvalue weighted by molar-refractivity contribution is 6.73. The molecule has 140 valence electrons. The number of benzene rings is 2. The van der Waals surface area contributed by atoms with E-state index in [9.17, 15) is 4.79 Å². The fraction of sp³-hybridized carbons (Fsp3) is 0.409. The van der Waals surface area contributed by atoms with Gasteiger partial charge in [0, 0.05) is 25.3 Å². The van der Waals surface area contributed by atoms with Gasteiger partial charge >= 0.3 is 0 Å². The van der Waals surface area contributed by atoms with Crippen LogP contribution in [-0.4, -0.2) is 28.2 Å². The summed E-state index contributed by atoms with van der Waals surface area (Å²) in [5.74, 6) is 0.0498. The molecule has 2 rings (SSSR count). The molecule has 0 saturated heterocycles. The maximum Gasteiger partial charge on any atom is 0.194 e. The second-order valence-corrected chi connectivity index (χ2v) is 11.7. The van der Waals surface area contributed by atoms with Crippen LogP contribution in [-0.2, 0) is 4.43 Å². The van der Waals surface area contributed by atoms with E-state index in [0.717, 1.165) is 29.4 Å². The van der Waals surface area contributed by atoms with Gasteiger partial charge in [-0.25, -0.2) is 0 Å². The number of ketones is 1. The number of carbonyl (C=O) groups excluding carboxylic acids is 1. The number of carbonyl (C=O) groups is 1. The Labute approximate surface area is 159 Å². The predicted octanol–water partition coefficient (Wildman–Crippen LogP) is 5.70. The Bertz CT molecular complexity index is 686. The van der Waals surface area contributed by atoms with Crippen LogP contribution < -0.4 is 4.90 Å². The Kier molecular flexibility index (Phi) is 7.18. The molecule has 0 aliphatic rings. The second-order valence-electron chi connectivity index (χ2n) is 6.96. The molecule has 0 spiro atoms. The molecule has 0 heterocycles. The third kappa shape index (κ3) is 4.62. The molecule has 0 radical (unpaired) electrons. The molecule has 0 aliphatic carbocycles. The quantitative estimate of drug-likeness (QED) is 0.419. The summed E-state index contributed by atoms with van der Waals surface area (Å²) in [5.41, 5.74) is 2.73. The lowest BCUT2D eigenvalue weighted by atomic mass is 10.00. The molecule has 0 N–H and O–H groups in total. The first-order chi connectivity index (χ1) is 12.5. The van der Waals surface area contributed by atoms with Gasteiger partial charge in [-0.15, -0.1) is 0 Å². The maximum absolute atomic E-state index is 13.3. The molecule has 4 heteroatoms. The fourth-order valence-corrected chi connectivity index (χ4v) is 5.97. The smallest absolute Gasteiger partial charge is 0.194 e. The van der Waals surface area contributed by atoms with Gasteiger partial charge in [-0.05, 0) is 48.0 Å². The molecule has 0 fully saturated rings. The molecule has 0 saturated carbocycles. The summed E-state index contributed by atoms with van der Waals surface area (Å²) in [6.45, 7) is 6.58. The molecule has 0 aliphatic heterocycles. The maximum atomic E-state index is 13.3. The van der Waals surface area contributed by atoms with Gasteiger partial charge in [0.25, 0.3) is 0 Å². The van der Waals surface area contributed by atoms with Crippen molar-refractivity contribution in [2.24, 2.45) is 0 Å². The summed E-state index contributed by atoms with van der Waals surface area (Å²) in [4.78, 5) is 15.4. The summed E-state index contributed by atoms with van der Waals surface area (Å²) >= 11 is 0. The molecule has 2 aromatic carbocycles. The first-order valence-corrected chi connectivity index (χ1v) is 12.0. The van der Waals surface area contributed by atoms with Crippen LogP contribution >= 0.6 is 0 Å². The molecular weight excluding hydrogens is 338 g/mol. The molecule has 0 amide bonds.